The van der Waals surface area contributed by atoms with Crippen molar-refractivity contribution in [2.45, 2.75) is 38.0 Å². The molecule has 5 nitrogen and oxygen atoms in total. The summed E-state index contributed by atoms with van der Waals surface area (Å²) in [4.78, 5) is 4.99. The Balaban J connectivity index is 1.31. The predicted octanol–water partition coefficient (Wildman–Crippen LogP) is 8.90. The Morgan fingerprint density at radius 3 is 2.00 bits per heavy atom. The maximum Gasteiger partial charge on any atom is 0.388 e. The van der Waals surface area contributed by atoms with Crippen LogP contribution in [0.1, 0.15) is 31.0 Å². The summed E-state index contributed by atoms with van der Waals surface area (Å²) in [6.07, 6.45) is 0.857. The molecule has 6 heteroatoms. The minimum atomic E-state index is -1.81. The molecule has 192 valence electrons. The van der Waals surface area contributed by atoms with E-state index in [9.17, 15) is 0 Å². The Kier molecular flexibility index (Phi) is 4.97. The summed E-state index contributed by atoms with van der Waals surface area (Å²) >= 11 is 0. The molecule has 5 aromatic carbocycles. The van der Waals surface area contributed by atoms with Crippen LogP contribution in [0, 0.1) is 0 Å². The van der Waals surface area contributed by atoms with E-state index < -0.39 is 13.8 Å². The lowest BCUT2D eigenvalue weighted by Gasteiger charge is -2.23. The highest BCUT2D eigenvalue weighted by atomic mass is 31.1. The third-order valence-electron chi connectivity index (χ3n) is 7.86. The first-order valence-corrected chi connectivity index (χ1v) is 14.4. The van der Waals surface area contributed by atoms with Crippen molar-refractivity contribution in [1.29, 1.82) is 0 Å². The first-order valence-electron chi connectivity index (χ1n) is 13.3. The molecular formula is C33H26NO4P. The molecule has 2 aliphatic rings. The van der Waals surface area contributed by atoms with Crippen molar-refractivity contribution < 1.29 is 17.7 Å². The molecule has 0 amide bonds. The van der Waals surface area contributed by atoms with Gasteiger partial charge in [-0.15, -0.1) is 0 Å². The van der Waals surface area contributed by atoms with Crippen LogP contribution in [-0.4, -0.2) is 17.6 Å². The van der Waals surface area contributed by atoms with Crippen LogP contribution < -0.4 is 4.52 Å². The van der Waals surface area contributed by atoms with Crippen molar-refractivity contribution in [2.24, 2.45) is 4.99 Å². The SMILES string of the molecule is CC(C)(Op1oc2ccc3ccccc3c2c2c(ccc3ccccc32)o1)C1=N[C@@H]2c3ccccc3C[C@@H]2O1. The standard InChI is InChI=1S/C33H26NO4P/c1-33(2,32-34-31-25-14-8-5-11-22(25)19-28(31)35-32)38-39-36-26-17-15-20-9-3-6-12-23(20)29(26)30-24-13-7-4-10-21(24)16-18-27(30)37-39/h3-18,28,31H,19H2,1-2H3/t28-,31+/m0/s1. The number of benzene rings is 5. The van der Waals surface area contributed by atoms with Gasteiger partial charge in [0.2, 0.25) is 5.90 Å². The molecule has 0 saturated heterocycles. The molecule has 0 radical (unpaired) electrons. The minimum absolute atomic E-state index is 0.00186. The quantitative estimate of drug-likeness (QED) is 0.229. The fraction of sp³-hybridized carbons (Fsp3) is 0.182. The van der Waals surface area contributed by atoms with Gasteiger partial charge in [-0.2, -0.15) is 0 Å². The summed E-state index contributed by atoms with van der Waals surface area (Å²) in [6.45, 7) is 3.95. The van der Waals surface area contributed by atoms with Crippen molar-refractivity contribution >= 4 is 57.6 Å². The number of ether oxygens (including phenoxy) is 1. The van der Waals surface area contributed by atoms with Crippen LogP contribution in [0.5, 0.6) is 0 Å². The zero-order valence-corrected chi connectivity index (χ0v) is 22.5. The Morgan fingerprint density at radius 2 is 1.33 bits per heavy atom. The Hall–Kier alpha value is -4.05. The number of fused-ring (bicyclic) bond motifs is 10. The van der Waals surface area contributed by atoms with E-state index in [2.05, 4.69) is 84.9 Å². The van der Waals surface area contributed by atoms with Gasteiger partial charge >= 0.3 is 8.24 Å². The van der Waals surface area contributed by atoms with Crippen molar-refractivity contribution in [1.82, 2.24) is 0 Å². The Labute approximate surface area is 226 Å². The Morgan fingerprint density at radius 1 is 0.744 bits per heavy atom. The lowest BCUT2D eigenvalue weighted by molar-refractivity contribution is 0.147. The normalized spacial score (nSPS) is 18.4. The highest BCUT2D eigenvalue weighted by molar-refractivity contribution is 7.32. The fourth-order valence-electron chi connectivity index (χ4n) is 6.01. The van der Waals surface area contributed by atoms with E-state index in [-0.39, 0.29) is 12.1 Å². The van der Waals surface area contributed by atoms with Crippen LogP contribution in [0.25, 0.3) is 43.5 Å². The van der Waals surface area contributed by atoms with E-state index in [0.29, 0.717) is 5.90 Å². The van der Waals surface area contributed by atoms with E-state index in [1.54, 1.807) is 0 Å². The smallest absolute Gasteiger partial charge is 0.388 e. The molecule has 0 bridgehead atoms. The van der Waals surface area contributed by atoms with E-state index in [4.69, 9.17) is 22.6 Å². The minimum Gasteiger partial charge on any atom is -0.473 e. The lowest BCUT2D eigenvalue weighted by Crippen LogP contribution is -2.38. The van der Waals surface area contributed by atoms with Crippen LogP contribution in [-0.2, 0) is 11.2 Å². The van der Waals surface area contributed by atoms with Gasteiger partial charge in [0.25, 0.3) is 0 Å². The first-order chi connectivity index (χ1) is 19.0. The highest BCUT2D eigenvalue weighted by Gasteiger charge is 2.44. The van der Waals surface area contributed by atoms with Gasteiger partial charge in [0.15, 0.2) is 5.60 Å². The van der Waals surface area contributed by atoms with Gasteiger partial charge in [-0.05, 0) is 58.7 Å². The largest absolute Gasteiger partial charge is 0.473 e. The second kappa shape index (κ2) is 8.47. The van der Waals surface area contributed by atoms with Gasteiger partial charge in [0.05, 0.1) is 0 Å². The topological polar surface area (TPSA) is 57.1 Å². The van der Waals surface area contributed by atoms with Gasteiger partial charge in [0, 0.05) is 17.2 Å². The van der Waals surface area contributed by atoms with Gasteiger partial charge in [-0.3, -0.25) is 4.52 Å². The summed E-state index contributed by atoms with van der Waals surface area (Å²) in [5, 5.41) is 6.56. The van der Waals surface area contributed by atoms with Crippen LogP contribution in [0.3, 0.4) is 0 Å². The van der Waals surface area contributed by atoms with E-state index >= 15 is 0 Å². The summed E-state index contributed by atoms with van der Waals surface area (Å²) in [5.74, 6) is 0.586. The Bertz CT molecular complexity index is 1910. The highest BCUT2D eigenvalue weighted by Crippen LogP contribution is 2.44. The van der Waals surface area contributed by atoms with E-state index in [0.717, 1.165) is 49.9 Å². The molecule has 1 aliphatic carbocycles. The van der Waals surface area contributed by atoms with Gasteiger partial charge < -0.3 is 13.1 Å². The number of nitrogens with zero attached hydrogens (tertiary/aromatic N) is 1. The second-order valence-electron chi connectivity index (χ2n) is 10.8. The third-order valence-corrected chi connectivity index (χ3v) is 9.16. The maximum atomic E-state index is 6.60. The molecular weight excluding hydrogens is 505 g/mol. The summed E-state index contributed by atoms with van der Waals surface area (Å²) < 4.78 is 26.1. The fourth-order valence-corrected chi connectivity index (χ4v) is 7.19. The molecule has 6 aromatic rings. The molecule has 0 unspecified atom stereocenters. The zero-order chi connectivity index (χ0) is 26.1. The molecule has 0 N–H and O–H groups in total. The van der Waals surface area contributed by atoms with Crippen LogP contribution in [0.2, 0.25) is 0 Å². The number of hydrogen-bond donors (Lipinski definition) is 0. The molecule has 1 aromatic heterocycles. The molecule has 2 heterocycles. The molecule has 0 spiro atoms. The van der Waals surface area contributed by atoms with Crippen LogP contribution in [0.15, 0.2) is 110 Å². The zero-order valence-electron chi connectivity index (χ0n) is 21.6. The molecule has 0 saturated carbocycles. The number of hydrogen-bond acceptors (Lipinski definition) is 5. The summed E-state index contributed by atoms with van der Waals surface area (Å²) in [5.41, 5.74) is 3.18. The van der Waals surface area contributed by atoms with Crippen molar-refractivity contribution in [3.05, 3.63) is 108 Å². The number of aliphatic imine (C=N–C) groups is 1. The molecule has 39 heavy (non-hydrogen) atoms. The van der Waals surface area contributed by atoms with Gasteiger partial charge in [-0.25, -0.2) is 4.99 Å². The lowest BCUT2D eigenvalue weighted by atomic mass is 9.99. The molecule has 8 rings (SSSR count). The van der Waals surface area contributed by atoms with E-state index in [1.807, 2.05) is 26.0 Å². The third kappa shape index (κ3) is 3.61. The molecule has 2 atom stereocenters. The van der Waals surface area contributed by atoms with Gasteiger partial charge in [0.1, 0.15) is 23.3 Å². The van der Waals surface area contributed by atoms with Crippen LogP contribution >= 0.6 is 8.24 Å². The van der Waals surface area contributed by atoms with Crippen molar-refractivity contribution in [3.63, 3.8) is 0 Å². The molecule has 1 aliphatic heterocycles. The average Bonchev–Trinajstić information content (AvgIpc) is 3.47. The number of rotatable bonds is 3. The summed E-state index contributed by atoms with van der Waals surface area (Å²) in [6, 6.07) is 33.4. The first kappa shape index (κ1) is 22.9. The van der Waals surface area contributed by atoms with E-state index in [1.165, 1.54) is 11.1 Å². The van der Waals surface area contributed by atoms with Crippen molar-refractivity contribution in [3.8, 4) is 0 Å². The molecule has 0 fully saturated rings. The van der Waals surface area contributed by atoms with Crippen LogP contribution in [0.4, 0.5) is 0 Å². The second-order valence-corrected chi connectivity index (χ2v) is 11.8. The van der Waals surface area contributed by atoms with Crippen molar-refractivity contribution in [2.75, 3.05) is 0 Å². The maximum absolute atomic E-state index is 6.60. The van der Waals surface area contributed by atoms with Gasteiger partial charge in [-0.1, -0.05) is 84.9 Å². The summed E-state index contributed by atoms with van der Waals surface area (Å²) in [7, 11) is -1.81. The average molecular weight is 532 g/mol. The predicted molar refractivity (Wildman–Crippen MR) is 157 cm³/mol. The monoisotopic (exact) mass is 531 g/mol.